The Labute approximate surface area is 198 Å². The highest BCUT2D eigenvalue weighted by Gasteiger charge is 2.34. The molecule has 1 unspecified atom stereocenters. The van der Waals surface area contributed by atoms with E-state index in [1.807, 2.05) is 0 Å². The molecule has 5 rings (SSSR count). The van der Waals surface area contributed by atoms with E-state index in [1.165, 1.54) is 0 Å². The average Bonchev–Trinajstić information content (AvgIpc) is 3.60. The smallest absolute Gasteiger partial charge is 0.261 e. The van der Waals surface area contributed by atoms with Crippen LogP contribution in [0.15, 0.2) is 40.2 Å². The van der Waals surface area contributed by atoms with Gasteiger partial charge in [-0.2, -0.15) is 14.7 Å². The van der Waals surface area contributed by atoms with E-state index in [4.69, 9.17) is 5.10 Å². The lowest BCUT2D eigenvalue weighted by Gasteiger charge is -2.26. The third kappa shape index (κ3) is 4.10. The first-order valence-electron chi connectivity index (χ1n) is 11.7. The number of fused-ring (bicyclic) bond motifs is 1. The third-order valence-electron chi connectivity index (χ3n) is 6.78. The summed E-state index contributed by atoms with van der Waals surface area (Å²) in [6.45, 7) is 2.89. The Morgan fingerprint density at radius 3 is 2.68 bits per heavy atom. The number of nitriles is 1. The molecule has 0 spiro atoms. The molecule has 1 atom stereocenters. The van der Waals surface area contributed by atoms with Crippen molar-refractivity contribution >= 4 is 32.4 Å². The van der Waals surface area contributed by atoms with Crippen LogP contribution in [0, 0.1) is 24.2 Å². The predicted molar refractivity (Wildman–Crippen MR) is 129 cm³/mol. The zero-order chi connectivity index (χ0) is 23.9. The van der Waals surface area contributed by atoms with Crippen LogP contribution >= 0.6 is 0 Å². The molecule has 2 aliphatic rings. The van der Waals surface area contributed by atoms with Gasteiger partial charge < -0.3 is 10.3 Å². The normalized spacial score (nSPS) is 18.0. The van der Waals surface area contributed by atoms with Gasteiger partial charge in [0.25, 0.3) is 5.56 Å². The zero-order valence-corrected chi connectivity index (χ0v) is 19.9. The van der Waals surface area contributed by atoms with Gasteiger partial charge in [0.2, 0.25) is 10.0 Å². The number of rotatable bonds is 7. The van der Waals surface area contributed by atoms with Crippen molar-refractivity contribution in [2.24, 2.45) is 5.92 Å². The summed E-state index contributed by atoms with van der Waals surface area (Å²) >= 11 is 0. The molecule has 0 amide bonds. The average molecular weight is 481 g/mol. The second kappa shape index (κ2) is 8.89. The van der Waals surface area contributed by atoms with E-state index in [1.54, 1.807) is 46.4 Å². The summed E-state index contributed by atoms with van der Waals surface area (Å²) in [6.07, 6.45) is 6.84. The zero-order valence-electron chi connectivity index (χ0n) is 19.1. The van der Waals surface area contributed by atoms with Crippen molar-refractivity contribution in [2.45, 2.75) is 56.4 Å². The van der Waals surface area contributed by atoms with Crippen molar-refractivity contribution in [3.8, 4) is 6.07 Å². The van der Waals surface area contributed by atoms with Crippen molar-refractivity contribution in [1.82, 2.24) is 19.1 Å². The maximum atomic E-state index is 13.1. The molecule has 10 heteroatoms. The fourth-order valence-electron chi connectivity index (χ4n) is 4.86. The number of piperidine rings is 1. The van der Waals surface area contributed by atoms with Crippen molar-refractivity contribution < 1.29 is 8.42 Å². The molecule has 3 aromatic rings. The number of benzene rings is 1. The van der Waals surface area contributed by atoms with Crippen molar-refractivity contribution in [1.29, 1.82) is 5.26 Å². The highest BCUT2D eigenvalue weighted by atomic mass is 32.2. The van der Waals surface area contributed by atoms with Gasteiger partial charge >= 0.3 is 0 Å². The Balaban J connectivity index is 1.50. The van der Waals surface area contributed by atoms with Crippen LogP contribution in [0.25, 0.3) is 10.9 Å². The number of hydrogen-bond donors (Lipinski definition) is 2. The highest BCUT2D eigenvalue weighted by molar-refractivity contribution is 7.89. The second-order valence-corrected chi connectivity index (χ2v) is 11.1. The van der Waals surface area contributed by atoms with E-state index in [0.717, 1.165) is 32.1 Å². The summed E-state index contributed by atoms with van der Waals surface area (Å²) < 4.78 is 29.6. The molecule has 178 valence electrons. The Kier molecular flexibility index (Phi) is 5.91. The molecule has 2 aromatic heterocycles. The molecule has 3 heterocycles. The molecule has 2 fully saturated rings. The molecule has 0 radical (unpaired) electrons. The van der Waals surface area contributed by atoms with Crippen LogP contribution in [0.1, 0.15) is 50.1 Å². The second-order valence-electron chi connectivity index (χ2n) is 9.20. The van der Waals surface area contributed by atoms with Gasteiger partial charge in [-0.15, -0.1) is 0 Å². The van der Waals surface area contributed by atoms with Crippen LogP contribution in [-0.4, -0.2) is 40.6 Å². The topological polar surface area (TPSA) is 124 Å². The number of nitrogens with one attached hydrogen (secondary N) is 2. The largest absolute Gasteiger partial charge is 0.338 e. The van der Waals surface area contributed by atoms with Gasteiger partial charge in [-0.1, -0.05) is 6.42 Å². The van der Waals surface area contributed by atoms with E-state index in [2.05, 4.69) is 16.4 Å². The first-order valence-corrected chi connectivity index (χ1v) is 13.2. The van der Waals surface area contributed by atoms with E-state index >= 15 is 0 Å². The minimum absolute atomic E-state index is 0.0800. The fraction of sp³-hybridized carbons (Fsp3) is 0.458. The highest BCUT2D eigenvalue weighted by Crippen LogP contribution is 2.43. The number of aromatic amines is 1. The monoisotopic (exact) mass is 480 g/mol. The van der Waals surface area contributed by atoms with Crippen LogP contribution in [-0.2, 0) is 10.0 Å². The van der Waals surface area contributed by atoms with Crippen molar-refractivity contribution in [3.05, 3.63) is 46.4 Å². The maximum absolute atomic E-state index is 13.1. The maximum Gasteiger partial charge on any atom is 0.261 e. The SMILES string of the molecule is Cc1cc(Nc2nn(C(CC#N)C3CC3)c3cc[nH]c(=O)c23)ccc1S(=O)(=O)N1CCCCC1. The standard InChI is InChI=1S/C24H28N6O3S/c1-16-15-18(7-8-21(16)34(32,33)29-13-3-2-4-14-29)27-23-22-20(10-12-26-24(22)31)30(28-23)19(9-11-25)17-5-6-17/h7-8,10,12,15,17,19H,2-6,9,13-14H2,1H3,(H,26,31)(H,27,28). The van der Waals surface area contributed by atoms with Crippen LogP contribution < -0.4 is 10.9 Å². The van der Waals surface area contributed by atoms with E-state index in [9.17, 15) is 18.5 Å². The number of nitrogens with zero attached hydrogens (tertiary/aromatic N) is 4. The summed E-state index contributed by atoms with van der Waals surface area (Å²) in [6, 6.07) is 9.08. The molecule has 0 bridgehead atoms. The quantitative estimate of drug-likeness (QED) is 0.530. The number of anilines is 2. The molecular formula is C24H28N6O3S. The van der Waals surface area contributed by atoms with Gasteiger partial charge in [0.1, 0.15) is 5.39 Å². The Morgan fingerprint density at radius 2 is 2.00 bits per heavy atom. The van der Waals surface area contributed by atoms with Crippen LogP contribution in [0.3, 0.4) is 0 Å². The summed E-state index contributed by atoms with van der Waals surface area (Å²) in [5, 5.41) is 17.7. The first kappa shape index (κ1) is 22.6. The van der Waals surface area contributed by atoms with Crippen LogP contribution in [0.4, 0.5) is 11.5 Å². The summed E-state index contributed by atoms with van der Waals surface area (Å²) in [5.74, 6) is 0.780. The molecule has 1 aromatic carbocycles. The molecule has 1 aliphatic heterocycles. The molecular weight excluding hydrogens is 452 g/mol. The lowest BCUT2D eigenvalue weighted by Crippen LogP contribution is -2.35. The number of H-pyrrole nitrogens is 1. The summed E-state index contributed by atoms with van der Waals surface area (Å²) in [5.41, 5.74) is 1.69. The van der Waals surface area contributed by atoms with Crippen molar-refractivity contribution in [3.63, 3.8) is 0 Å². The molecule has 9 nitrogen and oxygen atoms in total. The molecule has 2 N–H and O–H groups in total. The Morgan fingerprint density at radius 1 is 1.24 bits per heavy atom. The van der Waals surface area contributed by atoms with E-state index < -0.39 is 10.0 Å². The van der Waals surface area contributed by atoms with Gasteiger partial charge in [0.05, 0.1) is 28.9 Å². The number of aryl methyl sites for hydroxylation is 1. The van der Waals surface area contributed by atoms with Gasteiger partial charge in [-0.25, -0.2) is 8.42 Å². The van der Waals surface area contributed by atoms with Gasteiger partial charge in [-0.3, -0.25) is 9.48 Å². The lowest BCUT2D eigenvalue weighted by molar-refractivity contribution is 0.346. The predicted octanol–water partition coefficient (Wildman–Crippen LogP) is 3.82. The van der Waals surface area contributed by atoms with E-state index in [0.29, 0.717) is 58.3 Å². The molecule has 1 aliphatic carbocycles. The van der Waals surface area contributed by atoms with Crippen LogP contribution in [0.2, 0.25) is 0 Å². The lowest BCUT2D eigenvalue weighted by atomic mass is 10.1. The number of pyridine rings is 1. The van der Waals surface area contributed by atoms with E-state index in [-0.39, 0.29) is 11.6 Å². The minimum atomic E-state index is -3.54. The first-order chi connectivity index (χ1) is 16.4. The third-order valence-corrected chi connectivity index (χ3v) is 8.84. The molecule has 1 saturated carbocycles. The number of sulfonamides is 1. The number of hydrogen-bond acceptors (Lipinski definition) is 6. The van der Waals surface area contributed by atoms with Gasteiger partial charge in [-0.05, 0) is 68.4 Å². The number of aromatic nitrogens is 3. The van der Waals surface area contributed by atoms with Gasteiger partial charge in [0, 0.05) is 25.0 Å². The molecule has 34 heavy (non-hydrogen) atoms. The van der Waals surface area contributed by atoms with Gasteiger partial charge in [0.15, 0.2) is 5.82 Å². The molecule has 1 saturated heterocycles. The van der Waals surface area contributed by atoms with Crippen molar-refractivity contribution in [2.75, 3.05) is 18.4 Å². The fourth-order valence-corrected chi connectivity index (χ4v) is 6.59. The summed E-state index contributed by atoms with van der Waals surface area (Å²) in [4.78, 5) is 15.7. The van der Waals surface area contributed by atoms with Crippen LogP contribution in [0.5, 0.6) is 0 Å². The minimum Gasteiger partial charge on any atom is -0.338 e. The summed E-state index contributed by atoms with van der Waals surface area (Å²) in [7, 11) is -3.54. The Bertz CT molecular complexity index is 1430. The Hall–Kier alpha value is -3.16.